The van der Waals surface area contributed by atoms with Crippen LogP contribution in [0.1, 0.15) is 17.5 Å². The van der Waals surface area contributed by atoms with Gasteiger partial charge in [-0.2, -0.15) is 5.26 Å². The second kappa shape index (κ2) is 5.12. The Labute approximate surface area is 131 Å². The SMILES string of the molecule is N#CC1(Nc2ccccc2Cl)CCc2c(Br)cccc21. The molecule has 0 amide bonds. The molecule has 0 heterocycles. The smallest absolute Gasteiger partial charge is 0.151 e. The van der Waals surface area contributed by atoms with Crippen molar-refractivity contribution in [3.63, 3.8) is 0 Å². The van der Waals surface area contributed by atoms with E-state index in [1.54, 1.807) is 0 Å². The van der Waals surface area contributed by atoms with Gasteiger partial charge in [0, 0.05) is 4.47 Å². The molecule has 0 spiro atoms. The third-order valence-electron chi connectivity index (χ3n) is 3.74. The molecule has 1 aliphatic rings. The first-order valence-corrected chi connectivity index (χ1v) is 7.55. The summed E-state index contributed by atoms with van der Waals surface area (Å²) in [5.74, 6) is 0. The fourth-order valence-electron chi connectivity index (χ4n) is 2.73. The van der Waals surface area contributed by atoms with Crippen molar-refractivity contribution < 1.29 is 0 Å². The maximum Gasteiger partial charge on any atom is 0.151 e. The Morgan fingerprint density at radius 2 is 2.00 bits per heavy atom. The molecule has 20 heavy (non-hydrogen) atoms. The number of nitrogens with zero attached hydrogens (tertiary/aromatic N) is 1. The van der Waals surface area contributed by atoms with Gasteiger partial charge in [0.15, 0.2) is 5.54 Å². The first-order chi connectivity index (χ1) is 9.66. The molecule has 4 heteroatoms. The van der Waals surface area contributed by atoms with Gasteiger partial charge in [-0.1, -0.05) is 51.8 Å². The maximum atomic E-state index is 9.74. The fourth-order valence-corrected chi connectivity index (χ4v) is 3.47. The number of rotatable bonds is 2. The van der Waals surface area contributed by atoms with Crippen molar-refractivity contribution in [1.29, 1.82) is 5.26 Å². The molecule has 2 aromatic carbocycles. The van der Waals surface area contributed by atoms with Crippen molar-refractivity contribution in [2.24, 2.45) is 0 Å². The third kappa shape index (κ3) is 2.09. The van der Waals surface area contributed by atoms with E-state index < -0.39 is 5.54 Å². The summed E-state index contributed by atoms with van der Waals surface area (Å²) in [7, 11) is 0. The van der Waals surface area contributed by atoms with Crippen molar-refractivity contribution in [1.82, 2.24) is 0 Å². The molecule has 2 nitrogen and oxygen atoms in total. The van der Waals surface area contributed by atoms with Crippen LogP contribution >= 0.6 is 27.5 Å². The van der Waals surface area contributed by atoms with E-state index in [9.17, 15) is 5.26 Å². The minimum atomic E-state index is -0.704. The first-order valence-electron chi connectivity index (χ1n) is 6.38. The minimum Gasteiger partial charge on any atom is -0.362 e. The summed E-state index contributed by atoms with van der Waals surface area (Å²) in [6.07, 6.45) is 1.62. The van der Waals surface area contributed by atoms with Crippen molar-refractivity contribution >= 4 is 33.2 Å². The highest BCUT2D eigenvalue weighted by atomic mass is 79.9. The molecule has 0 saturated carbocycles. The van der Waals surface area contributed by atoms with Gasteiger partial charge in [0.2, 0.25) is 0 Å². The van der Waals surface area contributed by atoms with Gasteiger partial charge < -0.3 is 5.32 Å². The molecule has 1 aliphatic carbocycles. The molecule has 0 aromatic heterocycles. The van der Waals surface area contributed by atoms with Crippen LogP contribution < -0.4 is 5.32 Å². The highest BCUT2D eigenvalue weighted by molar-refractivity contribution is 9.10. The summed E-state index contributed by atoms with van der Waals surface area (Å²) in [6, 6.07) is 16.0. The van der Waals surface area contributed by atoms with Gasteiger partial charge in [0.25, 0.3) is 0 Å². The lowest BCUT2D eigenvalue weighted by atomic mass is 9.93. The summed E-state index contributed by atoms with van der Waals surface area (Å²) in [5.41, 5.74) is 2.33. The van der Waals surface area contributed by atoms with E-state index in [4.69, 9.17) is 11.6 Å². The van der Waals surface area contributed by atoms with Crippen LogP contribution in [0, 0.1) is 11.3 Å². The Hall–Kier alpha value is -1.50. The Bertz CT molecular complexity index is 708. The minimum absolute atomic E-state index is 0.630. The van der Waals surface area contributed by atoms with Crippen molar-refractivity contribution in [2.45, 2.75) is 18.4 Å². The average molecular weight is 348 g/mol. The van der Waals surface area contributed by atoms with E-state index >= 15 is 0 Å². The van der Waals surface area contributed by atoms with Crippen LogP contribution in [0.3, 0.4) is 0 Å². The molecule has 1 unspecified atom stereocenters. The van der Waals surface area contributed by atoms with Gasteiger partial charge in [-0.3, -0.25) is 0 Å². The number of fused-ring (bicyclic) bond motifs is 1. The van der Waals surface area contributed by atoms with Crippen molar-refractivity contribution in [3.05, 3.63) is 63.1 Å². The fraction of sp³-hybridized carbons (Fsp3) is 0.188. The average Bonchev–Trinajstić information content (AvgIpc) is 2.83. The first kappa shape index (κ1) is 13.5. The number of benzene rings is 2. The Kier molecular flexibility index (Phi) is 3.45. The molecule has 1 atom stereocenters. The van der Waals surface area contributed by atoms with Gasteiger partial charge in [-0.25, -0.2) is 0 Å². The molecule has 100 valence electrons. The number of halogens is 2. The molecular weight excluding hydrogens is 336 g/mol. The normalized spacial score (nSPS) is 20.2. The van der Waals surface area contributed by atoms with E-state index in [0.717, 1.165) is 28.6 Å². The summed E-state index contributed by atoms with van der Waals surface area (Å²) in [5, 5.41) is 13.7. The van der Waals surface area contributed by atoms with Gasteiger partial charge >= 0.3 is 0 Å². The molecule has 0 radical (unpaired) electrons. The Morgan fingerprint density at radius 1 is 1.20 bits per heavy atom. The van der Waals surface area contributed by atoms with Gasteiger partial charge in [0.05, 0.1) is 16.8 Å². The second-order valence-electron chi connectivity index (χ2n) is 4.89. The van der Waals surface area contributed by atoms with E-state index in [1.165, 1.54) is 5.56 Å². The highest BCUT2D eigenvalue weighted by Gasteiger charge is 2.40. The number of nitriles is 1. The van der Waals surface area contributed by atoms with Crippen molar-refractivity contribution in [3.8, 4) is 6.07 Å². The largest absolute Gasteiger partial charge is 0.362 e. The van der Waals surface area contributed by atoms with Crippen LogP contribution in [0.4, 0.5) is 5.69 Å². The summed E-state index contributed by atoms with van der Waals surface area (Å²) in [4.78, 5) is 0. The van der Waals surface area contributed by atoms with E-state index in [-0.39, 0.29) is 0 Å². The number of hydrogen-bond acceptors (Lipinski definition) is 2. The zero-order valence-corrected chi connectivity index (χ0v) is 13.0. The molecule has 3 rings (SSSR count). The van der Waals surface area contributed by atoms with Crippen LogP contribution in [0.15, 0.2) is 46.9 Å². The predicted octanol–water partition coefficient (Wildman–Crippen LogP) is 4.88. The summed E-state index contributed by atoms with van der Waals surface area (Å²) < 4.78 is 1.06. The number of nitrogens with one attached hydrogen (secondary N) is 1. The molecular formula is C16H12BrClN2. The highest BCUT2D eigenvalue weighted by Crippen LogP contribution is 2.42. The lowest BCUT2D eigenvalue weighted by molar-refractivity contribution is 0.621. The monoisotopic (exact) mass is 346 g/mol. The standard InChI is InChI=1S/C16H12BrClN2/c17-13-5-3-4-12-11(13)8-9-16(12,10-19)20-15-7-2-1-6-14(15)18/h1-7,20H,8-9H2. The molecule has 0 bridgehead atoms. The zero-order valence-electron chi connectivity index (χ0n) is 10.7. The Balaban J connectivity index is 2.07. The van der Waals surface area contributed by atoms with Crippen LogP contribution in [0.5, 0.6) is 0 Å². The zero-order chi connectivity index (χ0) is 14.2. The molecule has 2 aromatic rings. The number of para-hydroxylation sites is 1. The number of hydrogen-bond donors (Lipinski definition) is 1. The molecule has 0 aliphatic heterocycles. The van der Waals surface area contributed by atoms with Gasteiger partial charge in [0.1, 0.15) is 0 Å². The van der Waals surface area contributed by atoms with Crippen LogP contribution in [-0.4, -0.2) is 0 Å². The lowest BCUT2D eigenvalue weighted by Crippen LogP contribution is -2.31. The number of anilines is 1. The maximum absolute atomic E-state index is 9.74. The van der Waals surface area contributed by atoms with Crippen LogP contribution in [0.25, 0.3) is 0 Å². The summed E-state index contributed by atoms with van der Waals surface area (Å²) in [6.45, 7) is 0. The lowest BCUT2D eigenvalue weighted by Gasteiger charge is -2.26. The van der Waals surface area contributed by atoms with Crippen LogP contribution in [-0.2, 0) is 12.0 Å². The van der Waals surface area contributed by atoms with E-state index in [2.05, 4.69) is 27.3 Å². The van der Waals surface area contributed by atoms with E-state index in [0.29, 0.717) is 5.02 Å². The van der Waals surface area contributed by atoms with Crippen LogP contribution in [0.2, 0.25) is 5.02 Å². The molecule has 0 fully saturated rings. The van der Waals surface area contributed by atoms with Crippen molar-refractivity contribution in [2.75, 3.05) is 5.32 Å². The van der Waals surface area contributed by atoms with E-state index in [1.807, 2.05) is 42.5 Å². The second-order valence-corrected chi connectivity index (χ2v) is 6.15. The quantitative estimate of drug-likeness (QED) is 0.840. The summed E-state index contributed by atoms with van der Waals surface area (Å²) >= 11 is 9.76. The van der Waals surface area contributed by atoms with Gasteiger partial charge in [-0.15, -0.1) is 0 Å². The third-order valence-corrected chi connectivity index (χ3v) is 4.81. The topological polar surface area (TPSA) is 35.8 Å². The Morgan fingerprint density at radius 3 is 2.75 bits per heavy atom. The molecule has 0 saturated heterocycles. The molecule has 1 N–H and O–H groups in total. The predicted molar refractivity (Wildman–Crippen MR) is 84.8 cm³/mol. The van der Waals surface area contributed by atoms with Gasteiger partial charge in [-0.05, 0) is 42.2 Å².